The van der Waals surface area contributed by atoms with Crippen molar-refractivity contribution in [1.29, 1.82) is 0 Å². The Kier molecular flexibility index (Phi) is 7.50. The molecule has 0 atom stereocenters. The Labute approximate surface area is 148 Å². The van der Waals surface area contributed by atoms with Crippen molar-refractivity contribution in [2.24, 2.45) is 5.10 Å². The van der Waals surface area contributed by atoms with Gasteiger partial charge in [-0.05, 0) is 30.7 Å². The van der Waals surface area contributed by atoms with Gasteiger partial charge in [0.15, 0.2) is 0 Å². The van der Waals surface area contributed by atoms with Crippen LogP contribution in [0.5, 0.6) is 5.75 Å². The van der Waals surface area contributed by atoms with Gasteiger partial charge in [0.1, 0.15) is 5.75 Å². The Hall–Kier alpha value is -2.82. The number of ether oxygens (including phenoxy) is 1. The summed E-state index contributed by atoms with van der Waals surface area (Å²) < 4.78 is 5.82. The minimum Gasteiger partial charge on any atom is -0.493 e. The van der Waals surface area contributed by atoms with Crippen LogP contribution in [0.1, 0.15) is 48.5 Å². The Bertz CT molecular complexity index is 714. The molecule has 0 radical (unpaired) electrons. The minimum atomic E-state index is -0.340. The molecule has 1 amide bonds. The normalized spacial score (nSPS) is 10.8. The van der Waals surface area contributed by atoms with Gasteiger partial charge in [0.25, 0.3) is 5.91 Å². The molecule has 0 aliphatic rings. The lowest BCUT2D eigenvalue weighted by atomic mass is 10.2. The Morgan fingerprint density at radius 1 is 1.12 bits per heavy atom. The summed E-state index contributed by atoms with van der Waals surface area (Å²) in [6.45, 7) is 2.86. The van der Waals surface area contributed by atoms with Crippen LogP contribution in [-0.2, 0) is 0 Å². The van der Waals surface area contributed by atoms with Crippen LogP contribution in [-0.4, -0.2) is 18.7 Å². The highest BCUT2D eigenvalue weighted by Crippen LogP contribution is 2.16. The Morgan fingerprint density at radius 2 is 1.88 bits per heavy atom. The van der Waals surface area contributed by atoms with E-state index in [4.69, 9.17) is 10.5 Å². The highest BCUT2D eigenvalue weighted by atomic mass is 16.5. The summed E-state index contributed by atoms with van der Waals surface area (Å²) >= 11 is 0. The maximum atomic E-state index is 12.1. The molecule has 0 unspecified atom stereocenters. The van der Waals surface area contributed by atoms with E-state index in [1.165, 1.54) is 19.3 Å². The second-order valence-corrected chi connectivity index (χ2v) is 5.73. The van der Waals surface area contributed by atoms with Gasteiger partial charge in [0, 0.05) is 11.3 Å². The lowest BCUT2D eigenvalue weighted by Crippen LogP contribution is -2.19. The summed E-state index contributed by atoms with van der Waals surface area (Å²) in [5.41, 5.74) is 9.92. The first-order valence-electron chi connectivity index (χ1n) is 8.62. The van der Waals surface area contributed by atoms with Crippen molar-refractivity contribution in [3.8, 4) is 5.75 Å². The first kappa shape index (κ1) is 18.5. The van der Waals surface area contributed by atoms with Crippen molar-refractivity contribution >= 4 is 17.8 Å². The second-order valence-electron chi connectivity index (χ2n) is 5.73. The van der Waals surface area contributed by atoms with Gasteiger partial charge in [0.2, 0.25) is 0 Å². The number of hydrazone groups is 1. The van der Waals surface area contributed by atoms with Crippen LogP contribution >= 0.6 is 0 Å². The molecule has 0 spiro atoms. The fraction of sp³-hybridized carbons (Fsp3) is 0.300. The number of carbonyl (C=O) groups excluding carboxylic acids is 1. The fourth-order valence-electron chi connectivity index (χ4n) is 2.35. The molecule has 0 bridgehead atoms. The maximum absolute atomic E-state index is 12.1. The number of para-hydroxylation sites is 2. The van der Waals surface area contributed by atoms with Crippen LogP contribution in [0.15, 0.2) is 53.6 Å². The molecule has 5 nitrogen and oxygen atoms in total. The largest absolute Gasteiger partial charge is 0.493 e. The maximum Gasteiger partial charge on any atom is 0.273 e. The zero-order valence-electron chi connectivity index (χ0n) is 14.6. The van der Waals surface area contributed by atoms with E-state index < -0.39 is 0 Å². The first-order chi connectivity index (χ1) is 12.2. The molecule has 2 rings (SSSR count). The Morgan fingerprint density at radius 3 is 2.68 bits per heavy atom. The van der Waals surface area contributed by atoms with Gasteiger partial charge < -0.3 is 10.5 Å². The number of amides is 1. The molecule has 0 saturated heterocycles. The zero-order chi connectivity index (χ0) is 17.9. The molecule has 0 aromatic heterocycles. The number of hydrogen-bond acceptors (Lipinski definition) is 4. The molecule has 0 fully saturated rings. The van der Waals surface area contributed by atoms with E-state index in [9.17, 15) is 4.79 Å². The number of carbonyl (C=O) groups is 1. The van der Waals surface area contributed by atoms with Crippen LogP contribution in [0.3, 0.4) is 0 Å². The van der Waals surface area contributed by atoms with Crippen molar-refractivity contribution < 1.29 is 9.53 Å². The average molecular weight is 339 g/mol. The lowest BCUT2D eigenvalue weighted by molar-refractivity contribution is 0.0956. The predicted octanol–water partition coefficient (Wildman–Crippen LogP) is 3.99. The third-order valence-electron chi connectivity index (χ3n) is 3.75. The highest BCUT2D eigenvalue weighted by molar-refractivity contribution is 5.99. The molecule has 25 heavy (non-hydrogen) atoms. The second kappa shape index (κ2) is 10.1. The van der Waals surface area contributed by atoms with Crippen molar-refractivity contribution in [2.45, 2.75) is 32.6 Å². The fourth-order valence-corrected chi connectivity index (χ4v) is 2.35. The number of rotatable bonds is 9. The van der Waals surface area contributed by atoms with Crippen molar-refractivity contribution in [3.05, 3.63) is 59.7 Å². The minimum absolute atomic E-state index is 0.340. The van der Waals surface area contributed by atoms with E-state index in [1.54, 1.807) is 30.5 Å². The average Bonchev–Trinajstić information content (AvgIpc) is 2.63. The summed E-state index contributed by atoms with van der Waals surface area (Å²) in [7, 11) is 0. The van der Waals surface area contributed by atoms with Crippen LogP contribution in [0.25, 0.3) is 0 Å². The molecular formula is C20H25N3O2. The van der Waals surface area contributed by atoms with E-state index in [2.05, 4.69) is 17.5 Å². The summed E-state index contributed by atoms with van der Waals surface area (Å²) in [4.78, 5) is 12.1. The number of hydrogen-bond donors (Lipinski definition) is 2. The number of nitrogens with zero attached hydrogens (tertiary/aromatic N) is 1. The number of benzene rings is 2. The van der Waals surface area contributed by atoms with Crippen molar-refractivity contribution in [1.82, 2.24) is 5.43 Å². The molecule has 0 heterocycles. The molecule has 5 heteroatoms. The summed E-state index contributed by atoms with van der Waals surface area (Å²) in [5.74, 6) is 0.420. The number of anilines is 1. The number of nitrogens with two attached hydrogens (primary N) is 1. The third-order valence-corrected chi connectivity index (χ3v) is 3.75. The van der Waals surface area contributed by atoms with E-state index in [0.717, 1.165) is 17.7 Å². The van der Waals surface area contributed by atoms with Crippen molar-refractivity contribution in [3.63, 3.8) is 0 Å². The van der Waals surface area contributed by atoms with Crippen molar-refractivity contribution in [2.75, 3.05) is 12.3 Å². The number of nitrogen functional groups attached to an aromatic ring is 1. The molecule has 2 aromatic carbocycles. The van der Waals surface area contributed by atoms with Crippen LogP contribution in [0.2, 0.25) is 0 Å². The zero-order valence-corrected chi connectivity index (χ0v) is 14.6. The van der Waals surface area contributed by atoms with Gasteiger partial charge >= 0.3 is 0 Å². The van der Waals surface area contributed by atoms with Gasteiger partial charge in [-0.3, -0.25) is 4.79 Å². The van der Waals surface area contributed by atoms with Crippen LogP contribution < -0.4 is 15.9 Å². The molecule has 0 saturated carbocycles. The topological polar surface area (TPSA) is 76.7 Å². The van der Waals surface area contributed by atoms with E-state index in [-0.39, 0.29) is 5.91 Å². The van der Waals surface area contributed by atoms with Gasteiger partial charge in [-0.1, -0.05) is 50.5 Å². The molecule has 2 aromatic rings. The quantitative estimate of drug-likeness (QED) is 0.314. The summed E-state index contributed by atoms with van der Waals surface area (Å²) in [6, 6.07) is 14.5. The molecular weight excluding hydrogens is 314 g/mol. The van der Waals surface area contributed by atoms with Crippen LogP contribution in [0, 0.1) is 0 Å². The van der Waals surface area contributed by atoms with Gasteiger partial charge in [-0.2, -0.15) is 5.10 Å². The smallest absolute Gasteiger partial charge is 0.273 e. The summed E-state index contributed by atoms with van der Waals surface area (Å²) in [6.07, 6.45) is 6.21. The molecule has 132 valence electrons. The standard InChI is InChI=1S/C20H25N3O2/c1-2-3-4-9-14-25-19-13-8-5-10-16(19)15-22-23-20(24)17-11-6-7-12-18(17)21/h5-8,10-13,15H,2-4,9,14,21H2,1H3,(H,23,24)/b22-15+. The molecule has 0 aliphatic heterocycles. The van der Waals surface area contributed by atoms with E-state index in [0.29, 0.717) is 17.9 Å². The number of nitrogens with one attached hydrogen (secondary N) is 1. The monoisotopic (exact) mass is 339 g/mol. The number of unbranched alkanes of at least 4 members (excludes halogenated alkanes) is 3. The van der Waals surface area contributed by atoms with Crippen LogP contribution in [0.4, 0.5) is 5.69 Å². The van der Waals surface area contributed by atoms with E-state index >= 15 is 0 Å². The summed E-state index contributed by atoms with van der Waals surface area (Å²) in [5, 5.41) is 4.02. The highest BCUT2D eigenvalue weighted by Gasteiger charge is 2.07. The SMILES string of the molecule is CCCCCCOc1ccccc1/C=N/NC(=O)c1ccccc1N. The van der Waals surface area contributed by atoms with Gasteiger partial charge in [0.05, 0.1) is 18.4 Å². The first-order valence-corrected chi connectivity index (χ1v) is 8.62. The van der Waals surface area contributed by atoms with Gasteiger partial charge in [-0.15, -0.1) is 0 Å². The Balaban J connectivity index is 1.92. The predicted molar refractivity (Wildman–Crippen MR) is 102 cm³/mol. The molecule has 0 aliphatic carbocycles. The molecule has 3 N–H and O–H groups in total. The lowest BCUT2D eigenvalue weighted by Gasteiger charge is -2.08. The van der Waals surface area contributed by atoms with Gasteiger partial charge in [-0.25, -0.2) is 5.43 Å². The third kappa shape index (κ3) is 5.95. The van der Waals surface area contributed by atoms with E-state index in [1.807, 2.05) is 24.3 Å².